The van der Waals surface area contributed by atoms with Gasteiger partial charge in [-0.15, -0.1) is 5.92 Å². The molecule has 0 unspecified atom stereocenters. The van der Waals surface area contributed by atoms with E-state index in [2.05, 4.69) is 16.0 Å². The number of esters is 1. The predicted octanol–water partition coefficient (Wildman–Crippen LogP) is 3.85. The Morgan fingerprint density at radius 2 is 1.89 bits per heavy atom. The highest BCUT2D eigenvalue weighted by atomic mass is 32.2. The van der Waals surface area contributed by atoms with Gasteiger partial charge in [-0.3, -0.25) is 4.79 Å². The van der Waals surface area contributed by atoms with E-state index in [-0.39, 0.29) is 17.6 Å². The smallest absolute Gasteiger partial charge is 0.466 e. The molecule has 0 heterocycles. The van der Waals surface area contributed by atoms with Gasteiger partial charge in [-0.1, -0.05) is 12.0 Å². The molecule has 2 rings (SSSR count). The molecular weight excluding hydrogens is 397 g/mol. The summed E-state index contributed by atoms with van der Waals surface area (Å²) in [7, 11) is -5.93. The minimum Gasteiger partial charge on any atom is -0.466 e. The van der Waals surface area contributed by atoms with Crippen LogP contribution in [0.5, 0.6) is 5.75 Å². The first-order valence-electron chi connectivity index (χ1n) is 8.15. The van der Waals surface area contributed by atoms with E-state index < -0.39 is 33.8 Å². The van der Waals surface area contributed by atoms with Crippen molar-refractivity contribution in [3.63, 3.8) is 0 Å². The third-order valence-electron chi connectivity index (χ3n) is 3.79. The molecule has 2 aromatic carbocycles. The third kappa shape index (κ3) is 4.57. The summed E-state index contributed by atoms with van der Waals surface area (Å²) in [6.07, 6.45) is -0.436. The molecule has 150 valence electrons. The summed E-state index contributed by atoms with van der Waals surface area (Å²) in [6.45, 7) is 4.82. The number of fused-ring (bicyclic) bond motifs is 1. The van der Waals surface area contributed by atoms with Crippen LogP contribution in [0.25, 0.3) is 10.8 Å². The normalized spacial score (nSPS) is 11.6. The Labute approximate surface area is 160 Å². The number of carbonyl (C=O) groups is 1. The maximum atomic E-state index is 12.9. The number of alkyl halides is 3. The van der Waals surface area contributed by atoms with Crippen molar-refractivity contribution in [2.45, 2.75) is 32.7 Å². The number of aryl methyl sites for hydroxylation is 1. The van der Waals surface area contributed by atoms with E-state index in [1.807, 2.05) is 0 Å². The minimum atomic E-state index is -5.93. The van der Waals surface area contributed by atoms with Crippen LogP contribution in [0.4, 0.5) is 13.2 Å². The quantitative estimate of drug-likeness (QED) is 0.322. The van der Waals surface area contributed by atoms with Crippen LogP contribution in [0, 0.1) is 18.8 Å². The fourth-order valence-corrected chi connectivity index (χ4v) is 3.11. The molecule has 0 radical (unpaired) electrons. The molecule has 0 N–H and O–H groups in total. The molecule has 0 saturated carbocycles. The van der Waals surface area contributed by atoms with Gasteiger partial charge in [0.25, 0.3) is 0 Å². The highest BCUT2D eigenvalue weighted by molar-refractivity contribution is 7.88. The van der Waals surface area contributed by atoms with Crippen molar-refractivity contribution in [2.75, 3.05) is 6.61 Å². The first-order chi connectivity index (χ1) is 13.0. The van der Waals surface area contributed by atoms with Crippen molar-refractivity contribution in [1.29, 1.82) is 0 Å². The van der Waals surface area contributed by atoms with Gasteiger partial charge in [0.2, 0.25) is 0 Å². The molecule has 9 heteroatoms. The van der Waals surface area contributed by atoms with E-state index in [1.165, 1.54) is 12.1 Å². The number of hydrogen-bond donors (Lipinski definition) is 0. The zero-order chi connectivity index (χ0) is 21.1. The van der Waals surface area contributed by atoms with E-state index in [4.69, 9.17) is 4.74 Å². The lowest BCUT2D eigenvalue weighted by atomic mass is 9.97. The second-order valence-corrected chi connectivity index (χ2v) is 7.31. The summed E-state index contributed by atoms with van der Waals surface area (Å²) in [5, 5.41) is 0.539. The number of hydrogen-bond acceptors (Lipinski definition) is 5. The lowest BCUT2D eigenvalue weighted by Crippen LogP contribution is -2.28. The van der Waals surface area contributed by atoms with Crippen molar-refractivity contribution < 1.29 is 35.3 Å². The molecule has 0 atom stereocenters. The maximum absolute atomic E-state index is 12.9. The first kappa shape index (κ1) is 21.6. The molecular formula is C19H17F3O5S. The number of halogens is 3. The topological polar surface area (TPSA) is 69.7 Å². The Morgan fingerprint density at radius 3 is 2.46 bits per heavy atom. The molecule has 0 spiro atoms. The highest BCUT2D eigenvalue weighted by Gasteiger charge is 2.49. The average molecular weight is 414 g/mol. The number of rotatable bonds is 5. The number of ether oxygens (including phenoxy) is 1. The zero-order valence-corrected chi connectivity index (χ0v) is 16.1. The van der Waals surface area contributed by atoms with Crippen LogP contribution in [0.2, 0.25) is 0 Å². The van der Waals surface area contributed by atoms with Crippen LogP contribution >= 0.6 is 0 Å². The molecule has 0 saturated heterocycles. The van der Waals surface area contributed by atoms with Gasteiger partial charge >= 0.3 is 21.6 Å². The molecule has 0 aromatic heterocycles. The molecule has 0 amide bonds. The number of carbonyl (C=O) groups excluding carboxylic acids is 1. The lowest BCUT2D eigenvalue weighted by Gasteiger charge is -2.17. The van der Waals surface area contributed by atoms with Gasteiger partial charge < -0.3 is 8.92 Å². The van der Waals surface area contributed by atoms with Crippen LogP contribution < -0.4 is 4.18 Å². The Kier molecular flexibility index (Phi) is 6.24. The Morgan fingerprint density at radius 1 is 1.21 bits per heavy atom. The highest BCUT2D eigenvalue weighted by Crippen LogP contribution is 2.37. The van der Waals surface area contributed by atoms with Crippen molar-refractivity contribution in [3.8, 4) is 17.6 Å². The van der Waals surface area contributed by atoms with E-state index >= 15 is 0 Å². The molecule has 2 aromatic rings. The molecule has 5 nitrogen and oxygen atoms in total. The van der Waals surface area contributed by atoms with Crippen molar-refractivity contribution in [3.05, 3.63) is 41.0 Å². The van der Waals surface area contributed by atoms with Gasteiger partial charge in [-0.2, -0.15) is 21.6 Å². The van der Waals surface area contributed by atoms with E-state index in [1.54, 1.807) is 32.9 Å². The maximum Gasteiger partial charge on any atom is 0.534 e. The fourth-order valence-electron chi connectivity index (χ4n) is 2.60. The first-order valence-corrected chi connectivity index (χ1v) is 9.56. The van der Waals surface area contributed by atoms with E-state index in [0.29, 0.717) is 16.5 Å². The third-order valence-corrected chi connectivity index (χ3v) is 4.74. The summed E-state index contributed by atoms with van der Waals surface area (Å²) >= 11 is 0. The predicted molar refractivity (Wildman–Crippen MR) is 97.2 cm³/mol. The fraction of sp³-hybridized carbons (Fsp3) is 0.316. The summed E-state index contributed by atoms with van der Waals surface area (Å²) in [5.74, 6) is 4.25. The van der Waals surface area contributed by atoms with Gasteiger partial charge in [0.05, 0.1) is 13.0 Å². The summed E-state index contributed by atoms with van der Waals surface area (Å²) in [5.41, 5.74) is -4.63. The van der Waals surface area contributed by atoms with Crippen molar-refractivity contribution in [1.82, 2.24) is 0 Å². The molecule has 0 bridgehead atoms. The molecule has 0 aliphatic rings. The molecule has 28 heavy (non-hydrogen) atoms. The van der Waals surface area contributed by atoms with Gasteiger partial charge in [0.15, 0.2) is 5.75 Å². The van der Waals surface area contributed by atoms with Crippen LogP contribution in [0.3, 0.4) is 0 Å². The van der Waals surface area contributed by atoms with Crippen LogP contribution in [0.1, 0.15) is 30.5 Å². The SMILES string of the molecule is CC#Cc1ccc2c(OS(=O)(=O)C(F)(F)F)c(CC(=O)OCC)c(C)cc2c1. The Bertz CT molecular complexity index is 1080. The van der Waals surface area contributed by atoms with E-state index in [0.717, 1.165) is 0 Å². The Balaban J connectivity index is 2.75. The van der Waals surface area contributed by atoms with Crippen molar-refractivity contribution >= 4 is 26.9 Å². The zero-order valence-electron chi connectivity index (χ0n) is 15.3. The van der Waals surface area contributed by atoms with Gasteiger partial charge in [0, 0.05) is 16.5 Å². The standard InChI is InChI=1S/C19H17F3O5S/c1-4-6-13-7-8-15-14(10-13)9-12(3)16(11-17(23)26-5-2)18(15)27-28(24,25)19(20,21)22/h7-10H,5,11H2,1-3H3. The minimum absolute atomic E-state index is 0.00750. The van der Waals surface area contributed by atoms with E-state index in [9.17, 15) is 26.4 Å². The number of benzene rings is 2. The van der Waals surface area contributed by atoms with Gasteiger partial charge in [-0.05, 0) is 49.9 Å². The lowest BCUT2D eigenvalue weighted by molar-refractivity contribution is -0.142. The second-order valence-electron chi connectivity index (χ2n) is 5.78. The van der Waals surface area contributed by atoms with Crippen molar-refractivity contribution in [2.24, 2.45) is 0 Å². The van der Waals surface area contributed by atoms with Crippen LogP contribution in [-0.4, -0.2) is 26.5 Å². The molecule has 0 aliphatic carbocycles. The molecule has 0 aliphatic heterocycles. The molecule has 0 fully saturated rings. The summed E-state index contributed by atoms with van der Waals surface area (Å²) in [4.78, 5) is 11.9. The van der Waals surface area contributed by atoms with Crippen LogP contribution in [-0.2, 0) is 26.1 Å². The largest absolute Gasteiger partial charge is 0.534 e. The van der Waals surface area contributed by atoms with Crippen LogP contribution in [0.15, 0.2) is 24.3 Å². The Hall–Kier alpha value is -2.73. The van der Waals surface area contributed by atoms with Gasteiger partial charge in [0.1, 0.15) is 0 Å². The summed E-state index contributed by atoms with van der Waals surface area (Å²) in [6, 6.07) is 6.15. The van der Waals surface area contributed by atoms with Gasteiger partial charge in [-0.25, -0.2) is 0 Å². The summed E-state index contributed by atoms with van der Waals surface area (Å²) < 4.78 is 71.2. The second kappa shape index (κ2) is 8.10. The average Bonchev–Trinajstić information content (AvgIpc) is 2.57. The monoisotopic (exact) mass is 414 g/mol.